The van der Waals surface area contributed by atoms with Gasteiger partial charge in [-0.3, -0.25) is 0 Å². The minimum absolute atomic E-state index is 0.0313. The fourth-order valence-corrected chi connectivity index (χ4v) is 3.40. The van der Waals surface area contributed by atoms with Crippen LogP contribution < -0.4 is 0 Å². The Morgan fingerprint density at radius 1 is 1.08 bits per heavy atom. The molecule has 0 heterocycles. The van der Waals surface area contributed by atoms with Gasteiger partial charge in [-0.05, 0) is 26.3 Å². The van der Waals surface area contributed by atoms with E-state index < -0.39 is 49.3 Å². The van der Waals surface area contributed by atoms with E-state index in [0.29, 0.717) is 6.42 Å². The molecule has 1 aromatic rings. The average Bonchev–Trinajstić information content (AvgIpc) is 2.54. The topological polar surface area (TPSA) is 127 Å². The van der Waals surface area contributed by atoms with Crippen LogP contribution in [0.15, 0.2) is 22.4 Å². The summed E-state index contributed by atoms with van der Waals surface area (Å²) in [6.07, 6.45) is 1.66. The molecular weight excluding hydrogens is 352 g/mol. The van der Waals surface area contributed by atoms with Gasteiger partial charge in [-0.2, -0.15) is 0 Å². The highest BCUT2D eigenvalue weighted by molar-refractivity contribution is 7.94. The Morgan fingerprint density at radius 3 is 2.16 bits per heavy atom. The number of carbonyl (C=O) groups is 2. The van der Waals surface area contributed by atoms with E-state index in [0.717, 1.165) is 11.5 Å². The predicted molar refractivity (Wildman–Crippen MR) is 88.3 cm³/mol. The molecule has 0 saturated heterocycles. The number of phenols is 2. The van der Waals surface area contributed by atoms with Crippen molar-refractivity contribution in [1.29, 1.82) is 0 Å². The van der Waals surface area contributed by atoms with Gasteiger partial charge in [-0.15, -0.1) is 0 Å². The zero-order valence-corrected chi connectivity index (χ0v) is 14.9. The molecule has 0 aliphatic carbocycles. The maximum Gasteiger partial charge on any atom is 0.343 e. The second kappa shape index (κ2) is 8.52. The monoisotopic (exact) mass is 372 g/mol. The average molecular weight is 372 g/mol. The molecule has 1 rings (SSSR count). The summed E-state index contributed by atoms with van der Waals surface area (Å²) in [6.45, 7) is 4.58. The fourth-order valence-electron chi connectivity index (χ4n) is 1.97. The number of ether oxygens (including phenoxy) is 2. The molecule has 138 valence electrons. The van der Waals surface area contributed by atoms with Gasteiger partial charge < -0.3 is 19.7 Å². The van der Waals surface area contributed by atoms with Crippen molar-refractivity contribution < 1.29 is 37.7 Å². The Balaban J connectivity index is 3.81. The van der Waals surface area contributed by atoms with Crippen LogP contribution >= 0.6 is 0 Å². The van der Waals surface area contributed by atoms with Gasteiger partial charge in [-0.1, -0.05) is 13.0 Å². The van der Waals surface area contributed by atoms with Crippen molar-refractivity contribution >= 4 is 21.8 Å². The standard InChI is InChI=1S/C16H20O8S/c1-4-7-8-25(21,22)14-12(16(20)24-6-3)11(17)9-10(13(14)18)15(19)23-5-2/h7-9,17-18H,4-6H2,1-3H3. The van der Waals surface area contributed by atoms with Crippen LogP contribution in [0.25, 0.3) is 0 Å². The molecule has 0 spiro atoms. The molecule has 25 heavy (non-hydrogen) atoms. The third kappa shape index (κ3) is 4.50. The highest BCUT2D eigenvalue weighted by atomic mass is 32.2. The lowest BCUT2D eigenvalue weighted by Crippen LogP contribution is -2.14. The zero-order chi connectivity index (χ0) is 19.2. The van der Waals surface area contributed by atoms with Gasteiger partial charge in [0.2, 0.25) is 9.84 Å². The lowest BCUT2D eigenvalue weighted by molar-refractivity contribution is 0.0500. The van der Waals surface area contributed by atoms with Crippen LogP contribution in [-0.2, 0) is 19.3 Å². The Bertz CT molecular complexity index is 793. The highest BCUT2D eigenvalue weighted by Crippen LogP contribution is 2.38. The number of benzene rings is 1. The molecule has 1 aromatic carbocycles. The molecule has 9 heteroatoms. The molecule has 0 saturated carbocycles. The third-order valence-corrected chi connectivity index (χ3v) is 4.52. The largest absolute Gasteiger partial charge is 0.507 e. The van der Waals surface area contributed by atoms with Crippen LogP contribution in [0.4, 0.5) is 0 Å². The minimum atomic E-state index is -4.34. The maximum absolute atomic E-state index is 12.5. The molecule has 0 amide bonds. The summed E-state index contributed by atoms with van der Waals surface area (Å²) in [7, 11) is -4.34. The molecule has 0 fully saturated rings. The first-order chi connectivity index (χ1) is 11.7. The molecule has 8 nitrogen and oxygen atoms in total. The molecule has 2 N–H and O–H groups in total. The van der Waals surface area contributed by atoms with Crippen molar-refractivity contribution in [2.45, 2.75) is 32.1 Å². The summed E-state index contributed by atoms with van der Waals surface area (Å²) in [5.41, 5.74) is -1.32. The van der Waals surface area contributed by atoms with Crippen molar-refractivity contribution in [1.82, 2.24) is 0 Å². The first-order valence-corrected chi connectivity index (χ1v) is 9.10. The van der Waals surface area contributed by atoms with E-state index in [1.807, 2.05) is 0 Å². The highest BCUT2D eigenvalue weighted by Gasteiger charge is 2.33. The summed E-state index contributed by atoms with van der Waals surface area (Å²) in [4.78, 5) is 23.1. The second-order valence-corrected chi connectivity index (χ2v) is 6.53. The summed E-state index contributed by atoms with van der Waals surface area (Å²) < 4.78 is 34.5. The van der Waals surface area contributed by atoms with Crippen LogP contribution in [0.3, 0.4) is 0 Å². The van der Waals surface area contributed by atoms with Gasteiger partial charge in [0, 0.05) is 5.41 Å². The summed E-state index contributed by atoms with van der Waals surface area (Å²) >= 11 is 0. The van der Waals surface area contributed by atoms with Crippen LogP contribution in [-0.4, -0.2) is 43.8 Å². The Kier molecular flexibility index (Phi) is 6.98. The van der Waals surface area contributed by atoms with Crippen molar-refractivity contribution in [2.24, 2.45) is 0 Å². The molecule has 0 radical (unpaired) electrons. The van der Waals surface area contributed by atoms with Crippen molar-refractivity contribution in [2.75, 3.05) is 13.2 Å². The lowest BCUT2D eigenvalue weighted by Gasteiger charge is -2.14. The number of phenolic OH excluding ortho intramolecular Hbond substituents is 2. The van der Waals surface area contributed by atoms with Crippen LogP contribution in [0.5, 0.6) is 11.5 Å². The zero-order valence-electron chi connectivity index (χ0n) is 14.1. The molecule has 0 aliphatic rings. The SMILES string of the molecule is CCC=CS(=O)(=O)c1c(O)c(C(=O)OCC)cc(O)c1C(=O)OCC. The molecule has 0 unspecified atom stereocenters. The number of hydrogen-bond acceptors (Lipinski definition) is 8. The second-order valence-electron chi connectivity index (χ2n) is 4.76. The van der Waals surface area contributed by atoms with Gasteiger partial charge in [0.15, 0.2) is 0 Å². The van der Waals surface area contributed by atoms with Gasteiger partial charge in [0.25, 0.3) is 0 Å². The first kappa shape index (κ1) is 20.5. The molecule has 0 atom stereocenters. The quantitative estimate of drug-likeness (QED) is 0.550. The Hall–Kier alpha value is -2.55. The number of allylic oxidation sites excluding steroid dienone is 1. The number of carbonyl (C=O) groups excluding carboxylic acids is 2. The number of esters is 2. The summed E-state index contributed by atoms with van der Waals surface area (Å²) in [5.74, 6) is -3.99. The van der Waals surface area contributed by atoms with Gasteiger partial charge in [0.05, 0.1) is 13.2 Å². The van der Waals surface area contributed by atoms with Crippen LogP contribution in [0, 0.1) is 0 Å². The van der Waals surface area contributed by atoms with E-state index in [-0.39, 0.29) is 13.2 Å². The number of hydrogen-bond donors (Lipinski definition) is 2. The van der Waals surface area contributed by atoms with Crippen molar-refractivity contribution in [3.8, 4) is 11.5 Å². The molecular formula is C16H20O8S. The van der Waals surface area contributed by atoms with Crippen molar-refractivity contribution in [3.63, 3.8) is 0 Å². The predicted octanol–water partition coefficient (Wildman–Crippen LogP) is 2.15. The smallest absolute Gasteiger partial charge is 0.343 e. The minimum Gasteiger partial charge on any atom is -0.507 e. The van der Waals surface area contributed by atoms with E-state index in [1.165, 1.54) is 19.9 Å². The van der Waals surface area contributed by atoms with E-state index in [4.69, 9.17) is 9.47 Å². The summed E-state index contributed by atoms with van der Waals surface area (Å²) in [5, 5.41) is 21.2. The molecule has 0 aromatic heterocycles. The molecule has 0 bridgehead atoms. The van der Waals surface area contributed by atoms with Crippen molar-refractivity contribution in [3.05, 3.63) is 28.7 Å². The van der Waals surface area contributed by atoms with Crippen LogP contribution in [0.2, 0.25) is 0 Å². The van der Waals surface area contributed by atoms with Gasteiger partial charge >= 0.3 is 11.9 Å². The van der Waals surface area contributed by atoms with Gasteiger partial charge in [-0.25, -0.2) is 18.0 Å². The normalized spacial score (nSPS) is 11.5. The fraction of sp³-hybridized carbons (Fsp3) is 0.375. The number of aromatic hydroxyl groups is 2. The molecule has 0 aliphatic heterocycles. The number of sulfone groups is 1. The first-order valence-electron chi connectivity index (χ1n) is 7.55. The Labute approximate surface area is 145 Å². The summed E-state index contributed by atoms with van der Waals surface area (Å²) in [6, 6.07) is 0.766. The van der Waals surface area contributed by atoms with E-state index in [1.54, 1.807) is 6.92 Å². The number of rotatable bonds is 7. The Morgan fingerprint density at radius 2 is 1.64 bits per heavy atom. The van der Waals surface area contributed by atoms with Crippen LogP contribution in [0.1, 0.15) is 47.9 Å². The lowest BCUT2D eigenvalue weighted by atomic mass is 10.1. The van der Waals surface area contributed by atoms with E-state index in [9.17, 15) is 28.2 Å². The van der Waals surface area contributed by atoms with Gasteiger partial charge in [0.1, 0.15) is 27.5 Å². The third-order valence-electron chi connectivity index (χ3n) is 3.00. The maximum atomic E-state index is 12.5. The van der Waals surface area contributed by atoms with E-state index in [2.05, 4.69) is 0 Å². The van der Waals surface area contributed by atoms with E-state index >= 15 is 0 Å².